The Balaban J connectivity index is 1.72. The number of nitrogens with zero attached hydrogens (tertiary/aromatic N) is 2. The lowest BCUT2D eigenvalue weighted by Gasteiger charge is -2.24. The fraction of sp³-hybridized carbons (Fsp3) is 0.148. The summed E-state index contributed by atoms with van der Waals surface area (Å²) >= 11 is 6.41. The summed E-state index contributed by atoms with van der Waals surface area (Å²) in [7, 11) is 0. The molecular weight excluding hydrogens is 466 g/mol. The molecule has 0 radical (unpaired) electrons. The maximum Gasteiger partial charge on any atom is 0.296 e. The van der Waals surface area contributed by atoms with Crippen molar-refractivity contribution in [2.75, 3.05) is 6.61 Å². The molecule has 1 amide bonds. The van der Waals surface area contributed by atoms with Gasteiger partial charge in [0.2, 0.25) is 0 Å². The van der Waals surface area contributed by atoms with Crippen molar-refractivity contribution in [1.82, 2.24) is 14.9 Å². The Morgan fingerprint density at radius 1 is 1.14 bits per heavy atom. The first kappa shape index (κ1) is 22.7. The van der Waals surface area contributed by atoms with E-state index in [1.54, 1.807) is 42.7 Å². The third-order valence-corrected chi connectivity index (χ3v) is 6.35. The number of hydrogen-bond acceptors (Lipinski definition) is 5. The van der Waals surface area contributed by atoms with E-state index in [1.807, 2.05) is 37.3 Å². The zero-order chi connectivity index (χ0) is 24.5. The van der Waals surface area contributed by atoms with E-state index in [4.69, 9.17) is 16.3 Å². The Morgan fingerprint density at radius 2 is 1.94 bits per heavy atom. The summed E-state index contributed by atoms with van der Waals surface area (Å²) in [6.07, 6.45) is 3.39. The van der Waals surface area contributed by atoms with Crippen molar-refractivity contribution in [3.05, 3.63) is 100 Å². The summed E-state index contributed by atoms with van der Waals surface area (Å²) in [6.45, 7) is 2.36. The van der Waals surface area contributed by atoms with Crippen LogP contribution in [0.3, 0.4) is 0 Å². The summed E-state index contributed by atoms with van der Waals surface area (Å²) in [5.74, 6) is -1.37. The highest BCUT2D eigenvalue weighted by atomic mass is 35.5. The van der Waals surface area contributed by atoms with Crippen LogP contribution < -0.4 is 4.74 Å². The number of nitrogens with one attached hydrogen (secondary N) is 1. The molecule has 1 atom stereocenters. The van der Waals surface area contributed by atoms with Crippen molar-refractivity contribution >= 4 is 40.0 Å². The molecule has 0 bridgehead atoms. The number of fused-ring (bicyclic) bond motifs is 1. The number of ether oxygens (including phenoxy) is 1. The van der Waals surface area contributed by atoms with Crippen LogP contribution in [0.1, 0.15) is 29.8 Å². The van der Waals surface area contributed by atoms with Crippen molar-refractivity contribution in [2.24, 2.45) is 0 Å². The summed E-state index contributed by atoms with van der Waals surface area (Å²) in [4.78, 5) is 35.6. The van der Waals surface area contributed by atoms with E-state index >= 15 is 0 Å². The molecule has 4 aromatic rings. The van der Waals surface area contributed by atoms with E-state index in [2.05, 4.69) is 9.97 Å². The van der Waals surface area contributed by atoms with Gasteiger partial charge in [0.25, 0.3) is 11.7 Å². The van der Waals surface area contributed by atoms with Crippen molar-refractivity contribution < 1.29 is 19.4 Å². The van der Waals surface area contributed by atoms with Gasteiger partial charge in [-0.2, -0.15) is 0 Å². The number of carbonyl (C=O) groups is 2. The lowest BCUT2D eigenvalue weighted by atomic mass is 9.94. The molecule has 2 N–H and O–H groups in total. The molecule has 5 rings (SSSR count). The van der Waals surface area contributed by atoms with Crippen LogP contribution in [0.2, 0.25) is 5.02 Å². The number of pyridine rings is 1. The van der Waals surface area contributed by atoms with Crippen molar-refractivity contribution in [3.63, 3.8) is 0 Å². The number of likely N-dealkylation sites (tertiary alicyclic amines) is 1. The number of aliphatic hydroxyl groups excluding tert-OH is 1. The second kappa shape index (κ2) is 9.27. The fourth-order valence-electron chi connectivity index (χ4n) is 4.44. The number of carbonyl (C=O) groups excluding carboxylic acids is 2. The first-order chi connectivity index (χ1) is 17.0. The van der Waals surface area contributed by atoms with Crippen LogP contribution in [-0.2, 0) is 16.1 Å². The van der Waals surface area contributed by atoms with Gasteiger partial charge >= 0.3 is 0 Å². The van der Waals surface area contributed by atoms with Crippen molar-refractivity contribution in [2.45, 2.75) is 19.5 Å². The van der Waals surface area contributed by atoms with Crippen LogP contribution in [0.5, 0.6) is 5.75 Å². The molecule has 8 heteroatoms. The van der Waals surface area contributed by atoms with E-state index in [0.717, 1.165) is 10.9 Å². The summed E-state index contributed by atoms with van der Waals surface area (Å²) in [5, 5.41) is 12.5. The van der Waals surface area contributed by atoms with Gasteiger partial charge in [0.15, 0.2) is 0 Å². The highest BCUT2D eigenvalue weighted by molar-refractivity contribution is 6.47. The third-order valence-electron chi connectivity index (χ3n) is 6.02. The van der Waals surface area contributed by atoms with Gasteiger partial charge in [-0.3, -0.25) is 14.6 Å². The third kappa shape index (κ3) is 4.04. The standard InChI is InChI=1S/C27H22ClN3O4/c1-2-35-17-10-11-21(28)19(13-17)25(32)23-24(20-14-30-22-9-4-3-8-18(20)22)31(27(34)26(23)33)15-16-7-5-6-12-29-16/h3-14,24,30,32H,2,15H2,1H3/b25-23+. The van der Waals surface area contributed by atoms with E-state index in [9.17, 15) is 14.7 Å². The van der Waals surface area contributed by atoms with E-state index in [-0.39, 0.29) is 28.5 Å². The molecule has 176 valence electrons. The Kier molecular flexibility index (Phi) is 6.01. The number of benzene rings is 2. The number of rotatable bonds is 6. The SMILES string of the molecule is CCOc1ccc(Cl)c(/C(O)=C2\C(=O)C(=O)N(Cc3ccccn3)C2c2c[nH]c3ccccc23)c1. The second-order valence-electron chi connectivity index (χ2n) is 8.11. The smallest absolute Gasteiger partial charge is 0.296 e. The number of aliphatic hydroxyl groups is 1. The number of halogens is 1. The Labute approximate surface area is 206 Å². The average Bonchev–Trinajstić information content (AvgIpc) is 3.40. The predicted octanol–water partition coefficient (Wildman–Crippen LogP) is 5.24. The molecule has 1 unspecified atom stereocenters. The van der Waals surface area contributed by atoms with Gasteiger partial charge < -0.3 is 19.7 Å². The van der Waals surface area contributed by atoms with Gasteiger partial charge in [-0.05, 0) is 43.3 Å². The van der Waals surface area contributed by atoms with Crippen LogP contribution in [0, 0.1) is 0 Å². The van der Waals surface area contributed by atoms with Crippen LogP contribution >= 0.6 is 11.6 Å². The summed E-state index contributed by atoms with van der Waals surface area (Å²) in [5.41, 5.74) is 2.34. The molecule has 1 aliphatic rings. The van der Waals surface area contributed by atoms with E-state index in [1.165, 1.54) is 4.90 Å². The summed E-state index contributed by atoms with van der Waals surface area (Å²) in [6, 6.07) is 17.0. The number of Topliss-reactive ketones (excluding diaryl/α,β-unsaturated/α-hetero) is 1. The molecule has 0 aliphatic carbocycles. The Hall–Kier alpha value is -4.10. The number of aromatic amines is 1. The largest absolute Gasteiger partial charge is 0.507 e. The Bertz CT molecular complexity index is 1460. The molecule has 0 spiro atoms. The van der Waals surface area contributed by atoms with Gasteiger partial charge in [-0.1, -0.05) is 35.9 Å². The molecule has 3 heterocycles. The van der Waals surface area contributed by atoms with Crippen molar-refractivity contribution in [1.29, 1.82) is 0 Å². The number of H-pyrrole nitrogens is 1. The van der Waals surface area contributed by atoms with Crippen LogP contribution in [0.25, 0.3) is 16.7 Å². The van der Waals surface area contributed by atoms with Crippen LogP contribution in [0.4, 0.5) is 0 Å². The topological polar surface area (TPSA) is 95.5 Å². The second-order valence-corrected chi connectivity index (χ2v) is 8.52. The highest BCUT2D eigenvalue weighted by Crippen LogP contribution is 2.43. The fourth-order valence-corrected chi connectivity index (χ4v) is 4.65. The van der Waals surface area contributed by atoms with Gasteiger partial charge in [0.1, 0.15) is 11.5 Å². The average molecular weight is 488 g/mol. The molecule has 1 fully saturated rings. The first-order valence-corrected chi connectivity index (χ1v) is 11.5. The minimum absolute atomic E-state index is 0.0359. The molecule has 2 aromatic carbocycles. The number of amides is 1. The van der Waals surface area contributed by atoms with E-state index < -0.39 is 17.7 Å². The van der Waals surface area contributed by atoms with Gasteiger partial charge in [-0.25, -0.2) is 0 Å². The minimum atomic E-state index is -0.847. The lowest BCUT2D eigenvalue weighted by Crippen LogP contribution is -2.29. The molecule has 35 heavy (non-hydrogen) atoms. The zero-order valence-electron chi connectivity index (χ0n) is 18.9. The maximum atomic E-state index is 13.4. The maximum absolute atomic E-state index is 13.4. The monoisotopic (exact) mass is 487 g/mol. The molecule has 1 aliphatic heterocycles. The van der Waals surface area contributed by atoms with Gasteiger partial charge in [0.05, 0.1) is 35.5 Å². The normalized spacial score (nSPS) is 17.3. The molecule has 2 aromatic heterocycles. The quantitative estimate of drug-likeness (QED) is 0.220. The Morgan fingerprint density at radius 3 is 2.71 bits per heavy atom. The summed E-state index contributed by atoms with van der Waals surface area (Å²) < 4.78 is 5.55. The number of hydrogen-bond donors (Lipinski definition) is 2. The molecule has 0 saturated carbocycles. The molecular formula is C27H22ClN3O4. The van der Waals surface area contributed by atoms with Crippen LogP contribution in [0.15, 0.2) is 78.6 Å². The van der Waals surface area contributed by atoms with Gasteiger partial charge in [-0.15, -0.1) is 0 Å². The minimum Gasteiger partial charge on any atom is -0.507 e. The molecule has 1 saturated heterocycles. The number of ketones is 1. The number of para-hydroxylation sites is 1. The zero-order valence-corrected chi connectivity index (χ0v) is 19.6. The first-order valence-electron chi connectivity index (χ1n) is 11.2. The van der Waals surface area contributed by atoms with E-state index in [0.29, 0.717) is 23.6 Å². The van der Waals surface area contributed by atoms with Gasteiger partial charge in [0, 0.05) is 34.4 Å². The molecule has 7 nitrogen and oxygen atoms in total. The number of aromatic nitrogens is 2. The van der Waals surface area contributed by atoms with Crippen molar-refractivity contribution in [3.8, 4) is 5.75 Å². The lowest BCUT2D eigenvalue weighted by molar-refractivity contribution is -0.140. The van der Waals surface area contributed by atoms with Crippen LogP contribution in [-0.4, -0.2) is 38.3 Å². The predicted molar refractivity (Wildman–Crippen MR) is 133 cm³/mol. The highest BCUT2D eigenvalue weighted by Gasteiger charge is 2.47.